The van der Waals surface area contributed by atoms with Crippen LogP contribution in [-0.4, -0.2) is 29.5 Å². The minimum atomic E-state index is -1.17. The van der Waals surface area contributed by atoms with Gasteiger partial charge in [-0.25, -0.2) is 9.18 Å². The number of carbonyl (C=O) groups is 2. The van der Waals surface area contributed by atoms with E-state index in [1.807, 2.05) is 0 Å². The van der Waals surface area contributed by atoms with Gasteiger partial charge in [0.2, 0.25) is 0 Å². The lowest BCUT2D eigenvalue weighted by molar-refractivity contribution is -0.385. The lowest BCUT2D eigenvalue weighted by Crippen LogP contribution is -2.31. The van der Waals surface area contributed by atoms with Crippen molar-refractivity contribution in [1.29, 1.82) is 0 Å². The average Bonchev–Trinajstić information content (AvgIpc) is 2.60. The van der Waals surface area contributed by atoms with E-state index in [1.165, 1.54) is 49.4 Å². The third-order valence-electron chi connectivity index (χ3n) is 3.18. The van der Waals surface area contributed by atoms with Gasteiger partial charge in [-0.15, -0.1) is 0 Å². The summed E-state index contributed by atoms with van der Waals surface area (Å²) >= 11 is 0. The van der Waals surface area contributed by atoms with Crippen molar-refractivity contribution in [2.75, 3.05) is 11.9 Å². The molecule has 0 aliphatic rings. The highest BCUT2D eigenvalue weighted by atomic mass is 19.1. The summed E-state index contributed by atoms with van der Waals surface area (Å²) in [7, 11) is 0. The van der Waals surface area contributed by atoms with Crippen molar-refractivity contribution in [3.05, 3.63) is 64.5 Å². The zero-order valence-corrected chi connectivity index (χ0v) is 13.7. The molecule has 0 aromatic heterocycles. The van der Waals surface area contributed by atoms with Gasteiger partial charge in [-0.1, -0.05) is 18.2 Å². The van der Waals surface area contributed by atoms with Crippen LogP contribution in [-0.2, 0) is 14.3 Å². The number of amides is 1. The molecule has 1 N–H and O–H groups in total. The second-order valence-electron chi connectivity index (χ2n) is 5.15. The summed E-state index contributed by atoms with van der Waals surface area (Å²) in [6.07, 6.45) is -1.17. The molecule has 0 spiro atoms. The Morgan fingerprint density at radius 1 is 1.23 bits per heavy atom. The maximum atomic E-state index is 13.1. The molecule has 0 saturated carbocycles. The van der Waals surface area contributed by atoms with Gasteiger partial charge < -0.3 is 14.8 Å². The number of rotatable bonds is 7. The lowest BCUT2D eigenvalue weighted by Gasteiger charge is -2.14. The zero-order valence-electron chi connectivity index (χ0n) is 13.7. The first-order chi connectivity index (χ1) is 12.4. The van der Waals surface area contributed by atoms with Crippen LogP contribution in [0.15, 0.2) is 48.5 Å². The molecule has 1 atom stereocenters. The van der Waals surface area contributed by atoms with Crippen LogP contribution in [0.2, 0.25) is 0 Å². The summed E-state index contributed by atoms with van der Waals surface area (Å²) in [5, 5.41) is 13.3. The third-order valence-corrected chi connectivity index (χ3v) is 3.18. The van der Waals surface area contributed by atoms with E-state index >= 15 is 0 Å². The van der Waals surface area contributed by atoms with Crippen LogP contribution in [0.1, 0.15) is 6.92 Å². The van der Waals surface area contributed by atoms with Crippen molar-refractivity contribution in [3.8, 4) is 5.75 Å². The number of benzene rings is 2. The average molecular weight is 362 g/mol. The predicted octanol–water partition coefficient (Wildman–Crippen LogP) is 2.68. The smallest absolute Gasteiger partial charge is 0.344 e. The number of ether oxygens (including phenoxy) is 2. The Bertz CT molecular complexity index is 826. The summed E-state index contributed by atoms with van der Waals surface area (Å²) in [4.78, 5) is 33.9. The Hall–Kier alpha value is -3.49. The fourth-order valence-corrected chi connectivity index (χ4v) is 1.96. The highest BCUT2D eigenvalue weighted by Gasteiger charge is 2.20. The Labute approximate surface area is 147 Å². The van der Waals surface area contributed by atoms with Gasteiger partial charge in [0.05, 0.1) is 4.92 Å². The van der Waals surface area contributed by atoms with Crippen molar-refractivity contribution >= 4 is 23.3 Å². The van der Waals surface area contributed by atoms with Gasteiger partial charge in [0.25, 0.3) is 5.91 Å². The van der Waals surface area contributed by atoms with Gasteiger partial charge in [-0.3, -0.25) is 14.9 Å². The summed E-state index contributed by atoms with van der Waals surface area (Å²) in [6.45, 7) is 0.722. The van der Waals surface area contributed by atoms with Gasteiger partial charge in [0.15, 0.2) is 18.5 Å². The normalized spacial score (nSPS) is 11.3. The second-order valence-corrected chi connectivity index (χ2v) is 5.15. The van der Waals surface area contributed by atoms with Gasteiger partial charge in [-0.05, 0) is 31.2 Å². The van der Waals surface area contributed by atoms with Crippen molar-refractivity contribution in [2.24, 2.45) is 0 Å². The summed E-state index contributed by atoms with van der Waals surface area (Å²) in [6, 6.07) is 10.8. The zero-order chi connectivity index (χ0) is 19.1. The molecular weight excluding hydrogens is 347 g/mol. The first-order valence-corrected chi connectivity index (χ1v) is 7.49. The van der Waals surface area contributed by atoms with Crippen LogP contribution < -0.4 is 10.1 Å². The van der Waals surface area contributed by atoms with E-state index in [1.54, 1.807) is 0 Å². The number of nitrogens with one attached hydrogen (secondary N) is 1. The Kier molecular flexibility index (Phi) is 6.20. The molecule has 2 aromatic rings. The fraction of sp³-hybridized carbons (Fsp3) is 0.176. The minimum absolute atomic E-state index is 0.0914. The molecule has 136 valence electrons. The molecule has 0 saturated heterocycles. The van der Waals surface area contributed by atoms with Crippen LogP contribution in [0.4, 0.5) is 15.8 Å². The first-order valence-electron chi connectivity index (χ1n) is 7.49. The molecule has 0 heterocycles. The molecule has 0 aliphatic heterocycles. The molecular formula is C17H15FN2O6. The number of hydrogen-bond acceptors (Lipinski definition) is 6. The maximum Gasteiger partial charge on any atom is 0.344 e. The Morgan fingerprint density at radius 2 is 1.96 bits per heavy atom. The van der Waals surface area contributed by atoms with E-state index in [9.17, 15) is 24.1 Å². The molecule has 1 unspecified atom stereocenters. The number of hydrogen-bond donors (Lipinski definition) is 1. The quantitative estimate of drug-likeness (QED) is 0.461. The summed E-state index contributed by atoms with van der Waals surface area (Å²) in [5.41, 5.74) is -0.0775. The van der Waals surface area contributed by atoms with E-state index in [0.29, 0.717) is 0 Å². The number of anilines is 1. The summed E-state index contributed by atoms with van der Waals surface area (Å²) in [5.74, 6) is -2.16. The summed E-state index contributed by atoms with van der Waals surface area (Å²) < 4.78 is 23.1. The molecule has 9 heteroatoms. The molecule has 0 radical (unpaired) electrons. The molecule has 2 aromatic carbocycles. The van der Waals surface area contributed by atoms with Gasteiger partial charge in [0.1, 0.15) is 5.82 Å². The fourth-order valence-electron chi connectivity index (χ4n) is 1.96. The van der Waals surface area contributed by atoms with Crippen LogP contribution >= 0.6 is 0 Å². The molecule has 2 rings (SSSR count). The molecule has 0 aliphatic carbocycles. The molecule has 0 fully saturated rings. The first kappa shape index (κ1) is 18.8. The second kappa shape index (κ2) is 8.56. The number of para-hydroxylation sites is 2. The van der Waals surface area contributed by atoms with E-state index < -0.39 is 35.3 Å². The molecule has 8 nitrogen and oxygen atoms in total. The highest BCUT2D eigenvalue weighted by Crippen LogP contribution is 2.25. The Balaban J connectivity index is 1.87. The third kappa shape index (κ3) is 5.26. The number of esters is 1. The topological polar surface area (TPSA) is 108 Å². The van der Waals surface area contributed by atoms with Crippen molar-refractivity contribution < 1.29 is 28.4 Å². The SMILES string of the molecule is CC(OC(=O)COc1ccccc1[N+](=O)[O-])C(=O)Nc1cccc(F)c1. The Morgan fingerprint density at radius 3 is 2.65 bits per heavy atom. The number of nitrogens with zero attached hydrogens (tertiary/aromatic N) is 1. The highest BCUT2D eigenvalue weighted by molar-refractivity contribution is 5.95. The van der Waals surface area contributed by atoms with Crippen LogP contribution in [0, 0.1) is 15.9 Å². The van der Waals surface area contributed by atoms with Crippen molar-refractivity contribution in [1.82, 2.24) is 0 Å². The van der Waals surface area contributed by atoms with Crippen molar-refractivity contribution in [3.63, 3.8) is 0 Å². The minimum Gasteiger partial charge on any atom is -0.475 e. The van der Waals surface area contributed by atoms with Gasteiger partial charge in [0, 0.05) is 11.8 Å². The number of halogens is 1. The number of carbonyl (C=O) groups excluding carboxylic acids is 2. The van der Waals surface area contributed by atoms with E-state index in [0.717, 1.165) is 6.07 Å². The molecule has 1 amide bonds. The monoisotopic (exact) mass is 362 g/mol. The largest absolute Gasteiger partial charge is 0.475 e. The van der Waals surface area contributed by atoms with Crippen molar-refractivity contribution in [2.45, 2.75) is 13.0 Å². The number of nitro groups is 1. The van der Waals surface area contributed by atoms with E-state index in [4.69, 9.17) is 9.47 Å². The van der Waals surface area contributed by atoms with Crippen LogP contribution in [0.5, 0.6) is 5.75 Å². The van der Waals surface area contributed by atoms with Gasteiger partial charge in [-0.2, -0.15) is 0 Å². The maximum absolute atomic E-state index is 13.1. The molecule has 0 bridgehead atoms. The standard InChI is InChI=1S/C17H15FN2O6/c1-11(17(22)19-13-6-4-5-12(18)9-13)26-16(21)10-25-15-8-3-2-7-14(15)20(23)24/h2-9,11H,10H2,1H3,(H,19,22). The van der Waals surface area contributed by atoms with Crippen LogP contribution in [0.3, 0.4) is 0 Å². The lowest BCUT2D eigenvalue weighted by atomic mass is 10.3. The number of nitro benzene ring substituents is 1. The van der Waals surface area contributed by atoms with Crippen LogP contribution in [0.25, 0.3) is 0 Å². The molecule has 26 heavy (non-hydrogen) atoms. The van der Waals surface area contributed by atoms with Gasteiger partial charge >= 0.3 is 11.7 Å². The van der Waals surface area contributed by atoms with E-state index in [-0.39, 0.29) is 17.1 Å². The van der Waals surface area contributed by atoms with E-state index in [2.05, 4.69) is 5.32 Å². The predicted molar refractivity (Wildman–Crippen MR) is 89.2 cm³/mol.